The van der Waals surface area contributed by atoms with E-state index in [9.17, 15) is 18.0 Å². The van der Waals surface area contributed by atoms with Gasteiger partial charge in [0.15, 0.2) is 0 Å². The van der Waals surface area contributed by atoms with Crippen molar-refractivity contribution in [1.82, 2.24) is 24.8 Å². The Balaban J connectivity index is 1.20. The number of halogens is 3. The van der Waals surface area contributed by atoms with Gasteiger partial charge in [-0.3, -0.25) is 4.79 Å². The van der Waals surface area contributed by atoms with Crippen molar-refractivity contribution in [2.24, 2.45) is 0 Å². The standard InChI is InChI=1S/C28H30F3N5O2/c1-2-36(27(37)26(19-4-6-23(29)32-15-19)20-5-7-24(30)33-16-20)11-3-10-35-12-8-28(9-13-35)22-17-34-25(31)14-21(22)18-38-28/h4-7,14-17,26H,2-3,8-13,18H2,1H3. The zero-order valence-corrected chi connectivity index (χ0v) is 21.2. The molecular weight excluding hydrogens is 495 g/mol. The second-order valence-electron chi connectivity index (χ2n) is 9.82. The second-order valence-corrected chi connectivity index (χ2v) is 9.82. The van der Waals surface area contributed by atoms with Gasteiger partial charge in [-0.2, -0.15) is 13.2 Å². The number of ether oxygens (including phenoxy) is 1. The summed E-state index contributed by atoms with van der Waals surface area (Å²) in [6, 6.07) is 6.94. The highest BCUT2D eigenvalue weighted by Gasteiger charge is 2.43. The highest BCUT2D eigenvalue weighted by Crippen LogP contribution is 2.43. The van der Waals surface area contributed by atoms with Gasteiger partial charge < -0.3 is 14.5 Å². The minimum atomic E-state index is -0.760. The van der Waals surface area contributed by atoms with Gasteiger partial charge in [0.25, 0.3) is 0 Å². The molecule has 1 fully saturated rings. The Morgan fingerprint density at radius 3 is 2.21 bits per heavy atom. The van der Waals surface area contributed by atoms with Gasteiger partial charge in [0, 0.05) is 50.3 Å². The molecule has 0 saturated carbocycles. The SMILES string of the molecule is CCN(CCCN1CCC2(CC1)OCc1cc(F)ncc12)C(=O)C(c1ccc(F)nc1)c1ccc(F)nc1. The third kappa shape index (κ3) is 5.42. The van der Waals surface area contributed by atoms with Crippen LogP contribution in [0.4, 0.5) is 13.2 Å². The average Bonchev–Trinajstić information content (AvgIpc) is 3.26. The molecule has 1 spiro atoms. The van der Waals surface area contributed by atoms with E-state index < -0.39 is 29.4 Å². The van der Waals surface area contributed by atoms with E-state index in [-0.39, 0.29) is 5.91 Å². The maximum Gasteiger partial charge on any atom is 0.234 e. The molecule has 3 aromatic rings. The Kier molecular flexibility index (Phi) is 7.71. The third-order valence-electron chi connectivity index (χ3n) is 7.62. The highest BCUT2D eigenvalue weighted by atomic mass is 19.1. The van der Waals surface area contributed by atoms with E-state index in [1.165, 1.54) is 42.7 Å². The van der Waals surface area contributed by atoms with Crippen LogP contribution in [0.5, 0.6) is 0 Å². The molecule has 0 unspecified atom stereocenters. The lowest BCUT2D eigenvalue weighted by Crippen LogP contribution is -2.44. The smallest absolute Gasteiger partial charge is 0.234 e. The minimum Gasteiger partial charge on any atom is -0.365 e. The Morgan fingerprint density at radius 2 is 1.63 bits per heavy atom. The topological polar surface area (TPSA) is 71.5 Å². The van der Waals surface area contributed by atoms with Gasteiger partial charge in [-0.25, -0.2) is 15.0 Å². The normalized spacial score (nSPS) is 16.7. The van der Waals surface area contributed by atoms with Crippen LogP contribution in [-0.2, 0) is 21.7 Å². The molecule has 2 aliphatic rings. The molecule has 10 heteroatoms. The molecule has 0 bridgehead atoms. The molecule has 0 atom stereocenters. The van der Waals surface area contributed by atoms with Gasteiger partial charge in [-0.15, -0.1) is 0 Å². The Morgan fingerprint density at radius 1 is 1.00 bits per heavy atom. The maximum absolute atomic E-state index is 13.7. The lowest BCUT2D eigenvalue weighted by Gasteiger charge is -2.39. The number of fused-ring (bicyclic) bond motifs is 2. The van der Waals surface area contributed by atoms with Crippen LogP contribution >= 0.6 is 0 Å². The van der Waals surface area contributed by atoms with Crippen LogP contribution in [0.15, 0.2) is 48.9 Å². The number of nitrogens with zero attached hydrogens (tertiary/aromatic N) is 5. The molecule has 0 N–H and O–H groups in total. The van der Waals surface area contributed by atoms with E-state index >= 15 is 0 Å². The number of aromatic nitrogens is 3. The molecule has 0 aliphatic carbocycles. The molecule has 1 amide bonds. The number of hydrogen-bond acceptors (Lipinski definition) is 6. The predicted octanol–water partition coefficient (Wildman–Crippen LogP) is 4.18. The molecule has 3 aromatic heterocycles. The van der Waals surface area contributed by atoms with Crippen LogP contribution in [0.3, 0.4) is 0 Å². The number of likely N-dealkylation sites (tertiary alicyclic amines) is 1. The molecule has 7 nitrogen and oxygen atoms in total. The summed E-state index contributed by atoms with van der Waals surface area (Å²) in [6.45, 7) is 5.85. The number of piperidine rings is 1. The molecule has 200 valence electrons. The van der Waals surface area contributed by atoms with E-state index in [0.717, 1.165) is 50.0 Å². The lowest BCUT2D eigenvalue weighted by atomic mass is 9.84. The third-order valence-corrected chi connectivity index (χ3v) is 7.62. The van der Waals surface area contributed by atoms with Crippen molar-refractivity contribution in [1.29, 1.82) is 0 Å². The van der Waals surface area contributed by atoms with Gasteiger partial charge in [0.05, 0.1) is 18.1 Å². The number of carbonyl (C=O) groups excluding carboxylic acids is 1. The van der Waals surface area contributed by atoms with Crippen molar-refractivity contribution >= 4 is 5.91 Å². The highest BCUT2D eigenvalue weighted by molar-refractivity contribution is 5.87. The predicted molar refractivity (Wildman–Crippen MR) is 133 cm³/mol. The fourth-order valence-electron chi connectivity index (χ4n) is 5.53. The molecule has 0 radical (unpaired) electrons. The number of amides is 1. The lowest BCUT2D eigenvalue weighted by molar-refractivity contribution is -0.131. The van der Waals surface area contributed by atoms with Gasteiger partial charge in [-0.05, 0) is 67.6 Å². The largest absolute Gasteiger partial charge is 0.365 e. The van der Waals surface area contributed by atoms with Crippen molar-refractivity contribution in [3.05, 3.63) is 89.0 Å². The summed E-state index contributed by atoms with van der Waals surface area (Å²) in [6.07, 6.45) is 6.67. The fraction of sp³-hybridized carbons (Fsp3) is 0.429. The van der Waals surface area contributed by atoms with Crippen molar-refractivity contribution in [3.8, 4) is 0 Å². The van der Waals surface area contributed by atoms with Crippen molar-refractivity contribution in [3.63, 3.8) is 0 Å². The quantitative estimate of drug-likeness (QED) is 0.411. The first-order chi connectivity index (χ1) is 18.4. The Hall–Kier alpha value is -3.37. The van der Waals surface area contributed by atoms with E-state index in [1.807, 2.05) is 6.92 Å². The summed E-state index contributed by atoms with van der Waals surface area (Å²) in [5, 5.41) is 0. The van der Waals surface area contributed by atoms with Gasteiger partial charge in [0.1, 0.15) is 0 Å². The minimum absolute atomic E-state index is 0.164. The van der Waals surface area contributed by atoms with E-state index in [1.54, 1.807) is 11.1 Å². The number of hydrogen-bond donors (Lipinski definition) is 0. The van der Waals surface area contributed by atoms with Crippen LogP contribution in [0.1, 0.15) is 54.4 Å². The summed E-state index contributed by atoms with van der Waals surface area (Å²) in [4.78, 5) is 29.0. The first-order valence-corrected chi connectivity index (χ1v) is 12.9. The van der Waals surface area contributed by atoms with Crippen molar-refractivity contribution in [2.75, 3.05) is 32.7 Å². The van der Waals surface area contributed by atoms with Crippen LogP contribution in [0.2, 0.25) is 0 Å². The molecule has 2 aliphatic heterocycles. The number of likely N-dealkylation sites (N-methyl/N-ethyl adjacent to an activating group) is 1. The Labute approximate surface area is 219 Å². The molecule has 38 heavy (non-hydrogen) atoms. The molecule has 5 rings (SSSR count). The zero-order chi connectivity index (χ0) is 26.7. The second kappa shape index (κ2) is 11.2. The van der Waals surface area contributed by atoms with Crippen LogP contribution in [0.25, 0.3) is 0 Å². The molecule has 5 heterocycles. The van der Waals surface area contributed by atoms with E-state index in [4.69, 9.17) is 4.74 Å². The van der Waals surface area contributed by atoms with Gasteiger partial charge >= 0.3 is 0 Å². The zero-order valence-electron chi connectivity index (χ0n) is 21.2. The monoisotopic (exact) mass is 525 g/mol. The molecule has 1 saturated heterocycles. The van der Waals surface area contributed by atoms with E-state index in [0.29, 0.717) is 30.8 Å². The van der Waals surface area contributed by atoms with Gasteiger partial charge in [-0.1, -0.05) is 12.1 Å². The number of rotatable bonds is 8. The van der Waals surface area contributed by atoms with Crippen molar-refractivity contribution < 1.29 is 22.7 Å². The summed E-state index contributed by atoms with van der Waals surface area (Å²) < 4.78 is 46.6. The van der Waals surface area contributed by atoms with Crippen LogP contribution < -0.4 is 0 Å². The first-order valence-electron chi connectivity index (χ1n) is 12.9. The van der Waals surface area contributed by atoms with Gasteiger partial charge in [0.2, 0.25) is 23.8 Å². The maximum atomic E-state index is 13.7. The number of carbonyl (C=O) groups is 1. The fourth-order valence-corrected chi connectivity index (χ4v) is 5.53. The Bertz CT molecular complexity index is 1220. The van der Waals surface area contributed by atoms with Crippen molar-refractivity contribution in [2.45, 2.75) is 44.3 Å². The van der Waals surface area contributed by atoms with Crippen LogP contribution in [-0.4, -0.2) is 63.4 Å². The van der Waals surface area contributed by atoms with Crippen LogP contribution in [0, 0.1) is 17.8 Å². The molecular formula is C28H30F3N5O2. The molecule has 0 aromatic carbocycles. The first kappa shape index (κ1) is 26.2. The summed E-state index contributed by atoms with van der Waals surface area (Å²) in [5.74, 6) is -2.68. The van der Waals surface area contributed by atoms with E-state index in [2.05, 4.69) is 19.9 Å². The summed E-state index contributed by atoms with van der Waals surface area (Å²) in [7, 11) is 0. The average molecular weight is 526 g/mol. The number of pyridine rings is 3. The summed E-state index contributed by atoms with van der Waals surface area (Å²) in [5.41, 5.74) is 2.53. The summed E-state index contributed by atoms with van der Waals surface area (Å²) >= 11 is 0.